The van der Waals surface area contributed by atoms with Crippen LogP contribution in [-0.4, -0.2) is 12.1 Å². The molecule has 5 heteroatoms. The summed E-state index contributed by atoms with van der Waals surface area (Å²) in [5, 5.41) is 4.69. The molecule has 0 radical (unpaired) electrons. The van der Waals surface area contributed by atoms with Gasteiger partial charge in [-0.25, -0.2) is 0 Å². The third kappa shape index (κ3) is 2.94. The molecule has 0 aliphatic carbocycles. The average molecular weight is 410 g/mol. The second-order valence-corrected chi connectivity index (χ2v) is 6.38. The molecular formula is C16H14Br2N2O. The zero-order valence-corrected chi connectivity index (χ0v) is 14.6. The van der Waals surface area contributed by atoms with Crippen LogP contribution >= 0.6 is 31.9 Å². The number of ether oxygens (including phenoxy) is 1. The number of aromatic nitrogens is 1. The van der Waals surface area contributed by atoms with E-state index in [1.165, 1.54) is 10.9 Å². The Kier molecular flexibility index (Phi) is 4.22. The van der Waals surface area contributed by atoms with E-state index in [1.807, 2.05) is 18.3 Å². The van der Waals surface area contributed by atoms with Crippen LogP contribution < -0.4 is 10.1 Å². The normalized spacial score (nSPS) is 10.8. The van der Waals surface area contributed by atoms with Crippen molar-refractivity contribution < 1.29 is 4.74 Å². The quantitative estimate of drug-likeness (QED) is 0.612. The molecule has 2 aromatic carbocycles. The number of nitrogens with one attached hydrogen (secondary N) is 2. The van der Waals surface area contributed by atoms with E-state index in [-0.39, 0.29) is 0 Å². The molecule has 0 atom stereocenters. The molecule has 0 bridgehead atoms. The average Bonchev–Trinajstić information content (AvgIpc) is 2.95. The summed E-state index contributed by atoms with van der Waals surface area (Å²) in [4.78, 5) is 3.23. The first-order chi connectivity index (χ1) is 10.2. The maximum Gasteiger partial charge on any atom is 0.135 e. The van der Waals surface area contributed by atoms with Crippen molar-refractivity contribution in [2.24, 2.45) is 0 Å². The van der Waals surface area contributed by atoms with Crippen LogP contribution in [0, 0.1) is 0 Å². The molecule has 0 amide bonds. The zero-order chi connectivity index (χ0) is 14.8. The fourth-order valence-electron chi connectivity index (χ4n) is 2.32. The predicted octanol–water partition coefficient (Wildman–Crippen LogP) is 5.31. The highest BCUT2D eigenvalue weighted by Crippen LogP contribution is 2.35. The Labute approximate surface area is 140 Å². The van der Waals surface area contributed by atoms with Crippen molar-refractivity contribution >= 4 is 48.5 Å². The standard InChI is InChI=1S/C16H14Br2N2O/c1-21-16-8-15(12(17)7-13(16)18)20-9-10-3-2-4-14-11(10)5-6-19-14/h2-8,19-20H,9H2,1H3. The minimum Gasteiger partial charge on any atom is -0.495 e. The molecule has 3 nitrogen and oxygen atoms in total. The van der Waals surface area contributed by atoms with Crippen molar-refractivity contribution in [2.75, 3.05) is 12.4 Å². The van der Waals surface area contributed by atoms with Crippen molar-refractivity contribution in [1.29, 1.82) is 0 Å². The maximum absolute atomic E-state index is 5.34. The van der Waals surface area contributed by atoms with E-state index < -0.39 is 0 Å². The van der Waals surface area contributed by atoms with Crippen molar-refractivity contribution in [2.45, 2.75) is 6.54 Å². The Hall–Kier alpha value is -1.46. The van der Waals surface area contributed by atoms with Crippen LogP contribution in [0.1, 0.15) is 5.56 Å². The third-order valence-corrected chi connectivity index (χ3v) is 4.67. The maximum atomic E-state index is 5.34. The van der Waals surface area contributed by atoms with Gasteiger partial charge >= 0.3 is 0 Å². The first-order valence-corrected chi connectivity index (χ1v) is 8.09. The van der Waals surface area contributed by atoms with Gasteiger partial charge in [-0.1, -0.05) is 12.1 Å². The monoisotopic (exact) mass is 408 g/mol. The molecular weight excluding hydrogens is 396 g/mol. The summed E-state index contributed by atoms with van der Waals surface area (Å²) in [7, 11) is 1.66. The van der Waals surface area contributed by atoms with Crippen molar-refractivity contribution in [1.82, 2.24) is 4.98 Å². The Morgan fingerprint density at radius 3 is 2.81 bits per heavy atom. The van der Waals surface area contributed by atoms with Crippen LogP contribution in [0.2, 0.25) is 0 Å². The minimum atomic E-state index is 0.749. The van der Waals surface area contributed by atoms with Gasteiger partial charge < -0.3 is 15.0 Å². The van der Waals surface area contributed by atoms with Gasteiger partial charge in [0, 0.05) is 34.2 Å². The lowest BCUT2D eigenvalue weighted by molar-refractivity contribution is 0.412. The highest BCUT2D eigenvalue weighted by atomic mass is 79.9. The molecule has 0 aliphatic rings. The molecule has 21 heavy (non-hydrogen) atoms. The number of fused-ring (bicyclic) bond motifs is 1. The number of methoxy groups -OCH3 is 1. The fraction of sp³-hybridized carbons (Fsp3) is 0.125. The van der Waals surface area contributed by atoms with Crippen LogP contribution in [0.15, 0.2) is 51.5 Å². The molecule has 108 valence electrons. The predicted molar refractivity (Wildman–Crippen MR) is 94.0 cm³/mol. The smallest absolute Gasteiger partial charge is 0.135 e. The van der Waals surface area contributed by atoms with Gasteiger partial charge in [0.1, 0.15) is 5.75 Å². The number of hydrogen-bond donors (Lipinski definition) is 2. The summed E-state index contributed by atoms with van der Waals surface area (Å²) in [6.45, 7) is 0.749. The van der Waals surface area contributed by atoms with Crippen molar-refractivity contribution in [3.8, 4) is 5.75 Å². The Morgan fingerprint density at radius 2 is 2.00 bits per heavy atom. The van der Waals surface area contributed by atoms with Gasteiger partial charge in [-0.3, -0.25) is 0 Å². The summed E-state index contributed by atoms with van der Waals surface area (Å²) < 4.78 is 7.26. The molecule has 0 saturated carbocycles. The number of H-pyrrole nitrogens is 1. The molecule has 1 aromatic heterocycles. The van der Waals surface area contributed by atoms with Crippen LogP contribution in [0.5, 0.6) is 5.75 Å². The lowest BCUT2D eigenvalue weighted by atomic mass is 10.1. The second kappa shape index (κ2) is 6.12. The summed E-state index contributed by atoms with van der Waals surface area (Å²) in [5.41, 5.74) is 3.41. The minimum absolute atomic E-state index is 0.749. The van der Waals surface area contributed by atoms with E-state index in [0.717, 1.165) is 32.4 Å². The van der Waals surface area contributed by atoms with E-state index in [0.29, 0.717) is 0 Å². The summed E-state index contributed by atoms with van der Waals surface area (Å²) in [6.07, 6.45) is 1.97. The summed E-state index contributed by atoms with van der Waals surface area (Å²) in [5.74, 6) is 0.806. The van der Waals surface area contributed by atoms with Gasteiger partial charge in [0.15, 0.2) is 0 Å². The van der Waals surface area contributed by atoms with Gasteiger partial charge in [-0.15, -0.1) is 0 Å². The van der Waals surface area contributed by atoms with E-state index in [1.54, 1.807) is 7.11 Å². The molecule has 1 heterocycles. The molecule has 0 aliphatic heterocycles. The zero-order valence-electron chi connectivity index (χ0n) is 11.4. The number of halogens is 2. The molecule has 0 spiro atoms. The van der Waals surface area contributed by atoms with Gasteiger partial charge in [0.25, 0.3) is 0 Å². The number of hydrogen-bond acceptors (Lipinski definition) is 2. The van der Waals surface area contributed by atoms with Gasteiger partial charge in [0.05, 0.1) is 17.3 Å². The van der Waals surface area contributed by atoms with E-state index in [4.69, 9.17) is 4.74 Å². The Morgan fingerprint density at radius 1 is 1.14 bits per heavy atom. The highest BCUT2D eigenvalue weighted by Gasteiger charge is 2.08. The van der Waals surface area contributed by atoms with Crippen LogP contribution in [0.4, 0.5) is 5.69 Å². The van der Waals surface area contributed by atoms with E-state index in [2.05, 4.69) is 66.4 Å². The van der Waals surface area contributed by atoms with Crippen LogP contribution in [0.25, 0.3) is 10.9 Å². The third-order valence-electron chi connectivity index (χ3n) is 3.40. The van der Waals surface area contributed by atoms with Crippen LogP contribution in [0.3, 0.4) is 0 Å². The summed E-state index contributed by atoms with van der Waals surface area (Å²) >= 11 is 7.05. The Bertz CT molecular complexity index is 783. The first-order valence-electron chi connectivity index (χ1n) is 6.51. The molecule has 0 unspecified atom stereocenters. The van der Waals surface area contributed by atoms with Gasteiger partial charge in [-0.05, 0) is 55.6 Å². The van der Waals surface area contributed by atoms with Gasteiger partial charge in [-0.2, -0.15) is 0 Å². The largest absolute Gasteiger partial charge is 0.495 e. The van der Waals surface area contributed by atoms with Crippen molar-refractivity contribution in [3.05, 3.63) is 57.1 Å². The highest BCUT2D eigenvalue weighted by molar-refractivity contribution is 9.11. The molecule has 3 aromatic rings. The van der Waals surface area contributed by atoms with Gasteiger partial charge in [0.2, 0.25) is 0 Å². The number of aromatic amines is 1. The van der Waals surface area contributed by atoms with E-state index in [9.17, 15) is 0 Å². The molecule has 0 saturated heterocycles. The number of benzene rings is 2. The molecule has 2 N–H and O–H groups in total. The second-order valence-electron chi connectivity index (χ2n) is 4.68. The van der Waals surface area contributed by atoms with Crippen LogP contribution in [-0.2, 0) is 6.54 Å². The summed E-state index contributed by atoms with van der Waals surface area (Å²) in [6, 6.07) is 12.3. The number of anilines is 1. The van der Waals surface area contributed by atoms with Crippen molar-refractivity contribution in [3.63, 3.8) is 0 Å². The SMILES string of the molecule is COc1cc(NCc2cccc3[nH]ccc23)c(Br)cc1Br. The topological polar surface area (TPSA) is 37.0 Å². The van der Waals surface area contributed by atoms with E-state index >= 15 is 0 Å². The lowest BCUT2D eigenvalue weighted by Gasteiger charge is -2.12. The first kappa shape index (κ1) is 14.5. The number of rotatable bonds is 4. The molecule has 0 fully saturated rings. The fourth-order valence-corrected chi connectivity index (χ4v) is 3.61. The lowest BCUT2D eigenvalue weighted by Crippen LogP contribution is -2.01. The Balaban J connectivity index is 1.86. The molecule has 3 rings (SSSR count).